The summed E-state index contributed by atoms with van der Waals surface area (Å²) in [4.78, 5) is 4.81. The van der Waals surface area contributed by atoms with Gasteiger partial charge in [0.05, 0.1) is 23.9 Å². The topological polar surface area (TPSA) is 88.4 Å². The first kappa shape index (κ1) is 22.2. The van der Waals surface area contributed by atoms with Crippen LogP contribution in [-0.4, -0.2) is 24.2 Å². The van der Waals surface area contributed by atoms with Crippen LogP contribution in [0.3, 0.4) is 0 Å². The van der Waals surface area contributed by atoms with E-state index in [-0.39, 0.29) is 19.6 Å². The molecule has 7 nitrogen and oxygen atoms in total. The summed E-state index contributed by atoms with van der Waals surface area (Å²) in [5.41, 5.74) is 6.92. The molecule has 3 aromatic carbocycles. The predicted octanol–water partition coefficient (Wildman–Crippen LogP) is 5.09. The van der Waals surface area contributed by atoms with Gasteiger partial charge in [0, 0.05) is 21.2 Å². The standard InChI is InChI=1S/C26H27N5O2S.2H2/c1-16-7-5-6-8-21(16)18(3)24-17(2)9-12-23-25(24)29-26(30-34(23,32)33)27-14-19-10-11-22-20(13-19)15-28-31(22)4;;/h5-13,15,18H,14H2,1-4H3,(H2,27,29,30);2*1H/t18-;;/m0../s1. The molecule has 0 saturated carbocycles. The average Bonchev–Trinajstić information content (AvgIpc) is 3.17. The zero-order chi connectivity index (χ0) is 24.0. The van der Waals surface area contributed by atoms with Crippen LogP contribution >= 0.6 is 0 Å². The predicted molar refractivity (Wildman–Crippen MR) is 140 cm³/mol. The normalized spacial score (nSPS) is 16.6. The van der Waals surface area contributed by atoms with Crippen LogP contribution in [-0.2, 0) is 23.6 Å². The van der Waals surface area contributed by atoms with E-state index in [0.717, 1.165) is 27.6 Å². The second-order valence-corrected chi connectivity index (χ2v) is 10.5. The molecule has 0 aliphatic carbocycles. The highest BCUT2D eigenvalue weighted by molar-refractivity contribution is 7.90. The smallest absolute Gasteiger partial charge is 0.266 e. The van der Waals surface area contributed by atoms with Crippen LogP contribution in [0.5, 0.6) is 0 Å². The van der Waals surface area contributed by atoms with Crippen LogP contribution in [0.4, 0.5) is 5.69 Å². The summed E-state index contributed by atoms with van der Waals surface area (Å²) in [6, 6.07) is 17.7. The number of guanidine groups is 1. The Labute approximate surface area is 202 Å². The van der Waals surface area contributed by atoms with Gasteiger partial charge in [-0.3, -0.25) is 4.68 Å². The fourth-order valence-corrected chi connectivity index (χ4v) is 5.88. The van der Waals surface area contributed by atoms with E-state index in [0.29, 0.717) is 12.2 Å². The second kappa shape index (κ2) is 8.29. The quantitative estimate of drug-likeness (QED) is 0.428. The second-order valence-electron chi connectivity index (χ2n) is 8.80. The number of sulfonamides is 1. The minimum absolute atomic E-state index is 0. The van der Waals surface area contributed by atoms with Gasteiger partial charge in [0.25, 0.3) is 10.0 Å². The van der Waals surface area contributed by atoms with E-state index in [1.54, 1.807) is 6.07 Å². The van der Waals surface area contributed by atoms with Crippen LogP contribution in [0.25, 0.3) is 10.9 Å². The summed E-state index contributed by atoms with van der Waals surface area (Å²) in [6.07, 6.45) is 1.81. The van der Waals surface area contributed by atoms with Crippen LogP contribution in [0, 0.1) is 13.8 Å². The van der Waals surface area contributed by atoms with E-state index in [1.165, 1.54) is 11.1 Å². The monoisotopic (exact) mass is 477 g/mol. The molecular formula is C26H31N5O2S. The number of aryl methyl sites for hydroxylation is 3. The third-order valence-corrected chi connectivity index (χ3v) is 7.89. The zero-order valence-electron chi connectivity index (χ0n) is 19.6. The first-order valence-corrected chi connectivity index (χ1v) is 12.7. The molecule has 34 heavy (non-hydrogen) atoms. The summed E-state index contributed by atoms with van der Waals surface area (Å²) >= 11 is 0. The lowest BCUT2D eigenvalue weighted by Crippen LogP contribution is -2.41. The molecule has 0 fully saturated rings. The van der Waals surface area contributed by atoms with Gasteiger partial charge in [-0.15, -0.1) is 0 Å². The van der Waals surface area contributed by atoms with Gasteiger partial charge in [0.2, 0.25) is 5.96 Å². The van der Waals surface area contributed by atoms with Crippen molar-refractivity contribution in [3.05, 3.63) is 88.6 Å². The lowest BCUT2D eigenvalue weighted by Gasteiger charge is -2.28. The van der Waals surface area contributed by atoms with Gasteiger partial charge in [-0.05, 0) is 59.9 Å². The van der Waals surface area contributed by atoms with E-state index in [4.69, 9.17) is 0 Å². The fourth-order valence-electron chi connectivity index (χ4n) is 4.72. The molecule has 0 bridgehead atoms. The Balaban J connectivity index is 0.00000180. The average molecular weight is 478 g/mol. The molecule has 2 N–H and O–H groups in total. The Bertz CT molecular complexity index is 1560. The number of aliphatic imine (C=N–C) groups is 1. The van der Waals surface area contributed by atoms with Crippen molar-refractivity contribution in [1.82, 2.24) is 14.5 Å². The molecule has 0 unspecified atom stereocenters. The van der Waals surface area contributed by atoms with Gasteiger partial charge in [0.15, 0.2) is 0 Å². The Morgan fingerprint density at radius 1 is 1.09 bits per heavy atom. The number of hydrogen-bond donors (Lipinski definition) is 2. The Hall–Kier alpha value is -3.65. The molecule has 1 aliphatic heterocycles. The molecule has 0 radical (unpaired) electrons. The molecule has 5 rings (SSSR count). The van der Waals surface area contributed by atoms with E-state index < -0.39 is 10.0 Å². The maximum absolute atomic E-state index is 13.1. The highest BCUT2D eigenvalue weighted by Crippen LogP contribution is 2.39. The highest BCUT2D eigenvalue weighted by atomic mass is 32.2. The summed E-state index contributed by atoms with van der Waals surface area (Å²) in [6.45, 7) is 6.54. The summed E-state index contributed by atoms with van der Waals surface area (Å²) in [5.74, 6) is 0.230. The first-order valence-electron chi connectivity index (χ1n) is 11.2. The minimum atomic E-state index is -3.75. The van der Waals surface area contributed by atoms with E-state index in [1.807, 2.05) is 61.2 Å². The molecule has 1 aliphatic rings. The summed E-state index contributed by atoms with van der Waals surface area (Å²) < 4.78 is 30.6. The van der Waals surface area contributed by atoms with E-state index >= 15 is 0 Å². The maximum atomic E-state index is 13.1. The Kier molecular flexibility index (Phi) is 5.40. The number of fused-ring (bicyclic) bond motifs is 2. The number of hydrogen-bond acceptors (Lipinski definition) is 4. The highest BCUT2D eigenvalue weighted by Gasteiger charge is 2.31. The van der Waals surface area contributed by atoms with Crippen LogP contribution in [0.2, 0.25) is 0 Å². The van der Waals surface area contributed by atoms with Crippen molar-refractivity contribution in [1.29, 1.82) is 0 Å². The summed E-state index contributed by atoms with van der Waals surface area (Å²) in [5, 5.41) is 8.58. The molecule has 1 aromatic heterocycles. The number of benzene rings is 3. The minimum Gasteiger partial charge on any atom is -0.324 e. The zero-order valence-corrected chi connectivity index (χ0v) is 20.4. The van der Waals surface area contributed by atoms with Gasteiger partial charge >= 0.3 is 0 Å². The van der Waals surface area contributed by atoms with Crippen molar-refractivity contribution >= 4 is 32.6 Å². The number of rotatable bonds is 4. The van der Waals surface area contributed by atoms with Gasteiger partial charge in [-0.1, -0.05) is 43.3 Å². The lowest BCUT2D eigenvalue weighted by molar-refractivity contribution is 0.591. The third-order valence-electron chi connectivity index (χ3n) is 6.51. The van der Waals surface area contributed by atoms with Gasteiger partial charge in [-0.2, -0.15) is 5.10 Å². The largest absolute Gasteiger partial charge is 0.324 e. The summed E-state index contributed by atoms with van der Waals surface area (Å²) in [7, 11) is -1.85. The molecule has 2 heterocycles. The van der Waals surface area contributed by atoms with Crippen LogP contribution in [0.1, 0.15) is 43.5 Å². The molecule has 8 heteroatoms. The molecule has 0 amide bonds. The van der Waals surface area contributed by atoms with Crippen molar-refractivity contribution in [2.24, 2.45) is 12.0 Å². The van der Waals surface area contributed by atoms with E-state index in [2.05, 4.69) is 46.1 Å². The number of aromatic nitrogens is 2. The van der Waals surface area contributed by atoms with Crippen molar-refractivity contribution < 1.29 is 11.3 Å². The molecule has 1 atom stereocenters. The molecule has 0 saturated heterocycles. The lowest BCUT2D eigenvalue weighted by atomic mass is 9.86. The van der Waals surface area contributed by atoms with Crippen LogP contribution < -0.4 is 10.0 Å². The van der Waals surface area contributed by atoms with Gasteiger partial charge in [-0.25, -0.2) is 18.1 Å². The Morgan fingerprint density at radius 2 is 1.88 bits per heavy atom. The molecule has 178 valence electrons. The third kappa shape index (κ3) is 3.84. The van der Waals surface area contributed by atoms with Crippen molar-refractivity contribution in [3.63, 3.8) is 0 Å². The molecular weight excluding hydrogens is 446 g/mol. The van der Waals surface area contributed by atoms with E-state index in [9.17, 15) is 8.42 Å². The van der Waals surface area contributed by atoms with Gasteiger partial charge in [0.1, 0.15) is 4.90 Å². The van der Waals surface area contributed by atoms with Crippen molar-refractivity contribution in [2.75, 3.05) is 5.32 Å². The maximum Gasteiger partial charge on any atom is 0.266 e. The fraction of sp³-hybridized carbons (Fsp3) is 0.231. The van der Waals surface area contributed by atoms with Crippen molar-refractivity contribution in [3.8, 4) is 0 Å². The number of nitrogens with one attached hydrogen (secondary N) is 2. The molecule has 4 aromatic rings. The number of anilines is 1. The first-order chi connectivity index (χ1) is 16.2. The Morgan fingerprint density at radius 3 is 2.68 bits per heavy atom. The van der Waals surface area contributed by atoms with Gasteiger partial charge < -0.3 is 5.32 Å². The number of nitrogens with zero attached hydrogens (tertiary/aromatic N) is 3. The van der Waals surface area contributed by atoms with Crippen molar-refractivity contribution in [2.45, 2.75) is 38.1 Å². The SMILES string of the molecule is Cc1ccccc1[C@H](C)c1c(C)ccc2c1NC(=NCc1ccc3c(cnn3C)c1)NS2(=O)=O.[HH].[HH]. The molecule has 0 spiro atoms. The van der Waals surface area contributed by atoms with Crippen LogP contribution in [0.15, 0.2) is 70.7 Å².